The molecule has 0 bridgehead atoms. The fourth-order valence-corrected chi connectivity index (χ4v) is 2.38. The van der Waals surface area contributed by atoms with Gasteiger partial charge in [0.1, 0.15) is 5.56 Å². The van der Waals surface area contributed by atoms with Crippen molar-refractivity contribution in [1.29, 1.82) is 0 Å². The third-order valence-electron chi connectivity index (χ3n) is 2.99. The minimum absolute atomic E-state index is 0.0998. The summed E-state index contributed by atoms with van der Waals surface area (Å²) in [5, 5.41) is 3.83. The van der Waals surface area contributed by atoms with Crippen molar-refractivity contribution in [2.24, 2.45) is 0 Å². The van der Waals surface area contributed by atoms with Crippen molar-refractivity contribution in [3.63, 3.8) is 0 Å². The monoisotopic (exact) mass is 324 g/mol. The topological polar surface area (TPSA) is 62.0 Å². The van der Waals surface area contributed by atoms with E-state index in [1.807, 2.05) is 6.07 Å². The van der Waals surface area contributed by atoms with Crippen LogP contribution in [0.15, 0.2) is 35.1 Å². The number of aryl methyl sites for hydroxylation is 1. The van der Waals surface area contributed by atoms with Gasteiger partial charge < -0.3 is 10.3 Å². The van der Waals surface area contributed by atoms with Crippen LogP contribution in [0.1, 0.15) is 21.6 Å². The van der Waals surface area contributed by atoms with Gasteiger partial charge in [-0.2, -0.15) is 0 Å². The molecule has 0 radical (unpaired) electrons. The number of H-pyrrole nitrogens is 1. The average molecular weight is 325 g/mol. The Balaban J connectivity index is 1.97. The van der Waals surface area contributed by atoms with E-state index in [0.717, 1.165) is 5.56 Å². The van der Waals surface area contributed by atoms with E-state index in [1.54, 1.807) is 25.1 Å². The molecule has 0 unspecified atom stereocenters. The number of carbonyl (C=O) groups is 1. The van der Waals surface area contributed by atoms with Gasteiger partial charge in [0.25, 0.3) is 11.5 Å². The summed E-state index contributed by atoms with van der Waals surface area (Å²) in [5.74, 6) is -0.402. The van der Waals surface area contributed by atoms with Crippen LogP contribution < -0.4 is 10.9 Å². The highest BCUT2D eigenvalue weighted by atomic mass is 35.5. The van der Waals surface area contributed by atoms with Gasteiger partial charge in [-0.05, 0) is 43.2 Å². The minimum atomic E-state index is -0.402. The molecule has 4 nitrogen and oxygen atoms in total. The molecule has 0 atom stereocenters. The summed E-state index contributed by atoms with van der Waals surface area (Å²) in [6.07, 6.45) is 0.561. The number of carbonyl (C=O) groups excluding carboxylic acids is 1. The highest BCUT2D eigenvalue weighted by molar-refractivity contribution is 6.35. The Hall–Kier alpha value is -1.78. The molecule has 2 N–H and O–H groups in total. The normalized spacial score (nSPS) is 10.4. The zero-order chi connectivity index (χ0) is 15.4. The van der Waals surface area contributed by atoms with E-state index in [0.29, 0.717) is 28.7 Å². The van der Waals surface area contributed by atoms with Crippen LogP contribution in [0.25, 0.3) is 0 Å². The van der Waals surface area contributed by atoms with Crippen molar-refractivity contribution in [1.82, 2.24) is 10.3 Å². The molecule has 21 heavy (non-hydrogen) atoms. The van der Waals surface area contributed by atoms with E-state index in [1.165, 1.54) is 6.07 Å². The number of amides is 1. The van der Waals surface area contributed by atoms with Gasteiger partial charge in [0.05, 0.1) is 0 Å². The quantitative estimate of drug-likeness (QED) is 0.908. The van der Waals surface area contributed by atoms with Gasteiger partial charge in [-0.25, -0.2) is 0 Å². The summed E-state index contributed by atoms with van der Waals surface area (Å²) in [6, 6.07) is 8.42. The number of pyridine rings is 1. The molecule has 0 aliphatic rings. The fraction of sp³-hybridized carbons (Fsp3) is 0.200. The van der Waals surface area contributed by atoms with Gasteiger partial charge in [-0.3, -0.25) is 9.59 Å². The van der Waals surface area contributed by atoms with Gasteiger partial charge in [-0.1, -0.05) is 29.3 Å². The Morgan fingerprint density at radius 1 is 1.24 bits per heavy atom. The van der Waals surface area contributed by atoms with E-state index in [4.69, 9.17) is 23.2 Å². The highest BCUT2D eigenvalue weighted by Crippen LogP contribution is 2.21. The first-order valence-electron chi connectivity index (χ1n) is 6.39. The van der Waals surface area contributed by atoms with Gasteiger partial charge in [0.2, 0.25) is 0 Å². The van der Waals surface area contributed by atoms with Crippen LogP contribution in [0.5, 0.6) is 0 Å². The van der Waals surface area contributed by atoms with Crippen LogP contribution in [0.3, 0.4) is 0 Å². The second kappa shape index (κ2) is 6.78. The number of halogens is 2. The lowest BCUT2D eigenvalue weighted by Crippen LogP contribution is -2.31. The lowest BCUT2D eigenvalue weighted by atomic mass is 10.1. The Labute approximate surface area is 132 Å². The number of benzene rings is 1. The second-order valence-corrected chi connectivity index (χ2v) is 5.47. The second-order valence-electron chi connectivity index (χ2n) is 4.63. The fourth-order valence-electron chi connectivity index (χ4n) is 1.88. The molecule has 0 saturated heterocycles. The zero-order valence-corrected chi connectivity index (χ0v) is 12.9. The van der Waals surface area contributed by atoms with E-state index < -0.39 is 11.5 Å². The first-order chi connectivity index (χ1) is 9.97. The molecule has 1 aromatic carbocycles. The first-order valence-corrected chi connectivity index (χ1v) is 7.15. The van der Waals surface area contributed by atoms with Crippen LogP contribution >= 0.6 is 23.2 Å². The predicted octanol–water partition coefficient (Wildman–Crippen LogP) is 2.96. The van der Waals surface area contributed by atoms with Crippen LogP contribution in [0.4, 0.5) is 0 Å². The maximum Gasteiger partial charge on any atom is 0.260 e. The largest absolute Gasteiger partial charge is 0.352 e. The zero-order valence-electron chi connectivity index (χ0n) is 11.4. The molecule has 0 saturated carbocycles. The number of aromatic amines is 1. The number of rotatable bonds is 4. The molecule has 0 aliphatic carbocycles. The molecule has 6 heteroatoms. The summed E-state index contributed by atoms with van der Waals surface area (Å²) in [6.45, 7) is 2.14. The smallest absolute Gasteiger partial charge is 0.260 e. The molecular weight excluding hydrogens is 311 g/mol. The summed E-state index contributed by atoms with van der Waals surface area (Å²) in [4.78, 5) is 26.2. The third kappa shape index (κ3) is 4.09. The molecule has 0 aliphatic heterocycles. The minimum Gasteiger partial charge on any atom is -0.352 e. The molecular formula is C15H14Cl2N2O2. The van der Waals surface area contributed by atoms with Crippen LogP contribution in [-0.4, -0.2) is 17.4 Å². The van der Waals surface area contributed by atoms with E-state index in [9.17, 15) is 9.59 Å². The van der Waals surface area contributed by atoms with Crippen molar-refractivity contribution in [3.05, 3.63) is 67.6 Å². The Morgan fingerprint density at radius 2 is 2.00 bits per heavy atom. The lowest BCUT2D eigenvalue weighted by Gasteiger charge is -2.07. The summed E-state index contributed by atoms with van der Waals surface area (Å²) >= 11 is 11.9. The van der Waals surface area contributed by atoms with Gasteiger partial charge in [0.15, 0.2) is 0 Å². The SMILES string of the molecule is Cc1ccc(C(=O)NCCc2ccc(Cl)cc2Cl)c(=O)[nH]1. The van der Waals surface area contributed by atoms with Crippen molar-refractivity contribution < 1.29 is 4.79 Å². The number of nitrogens with one attached hydrogen (secondary N) is 2. The maximum absolute atomic E-state index is 11.9. The average Bonchev–Trinajstić information content (AvgIpc) is 2.41. The molecule has 0 spiro atoms. The molecule has 2 rings (SSSR count). The van der Waals surface area contributed by atoms with Crippen molar-refractivity contribution in [2.75, 3.05) is 6.54 Å². The van der Waals surface area contributed by atoms with Crippen molar-refractivity contribution in [3.8, 4) is 0 Å². The van der Waals surface area contributed by atoms with Crippen molar-refractivity contribution in [2.45, 2.75) is 13.3 Å². The van der Waals surface area contributed by atoms with Crippen molar-refractivity contribution >= 4 is 29.1 Å². The number of hydrogen-bond acceptors (Lipinski definition) is 2. The third-order valence-corrected chi connectivity index (χ3v) is 3.58. The standard InChI is InChI=1S/C15H14Cl2N2O2/c1-9-2-5-12(15(21)19-9)14(20)18-7-6-10-3-4-11(16)8-13(10)17/h2-5,8H,6-7H2,1H3,(H,18,20)(H,19,21). The van der Waals surface area contributed by atoms with Gasteiger partial charge in [0, 0.05) is 22.3 Å². The molecule has 2 aromatic rings. The first kappa shape index (κ1) is 15.6. The summed E-state index contributed by atoms with van der Waals surface area (Å²) < 4.78 is 0. The van der Waals surface area contributed by atoms with Gasteiger partial charge >= 0.3 is 0 Å². The Bertz CT molecular complexity index is 726. The number of hydrogen-bond donors (Lipinski definition) is 2. The lowest BCUT2D eigenvalue weighted by molar-refractivity contribution is 0.0952. The molecule has 1 aromatic heterocycles. The number of aromatic nitrogens is 1. The predicted molar refractivity (Wildman–Crippen MR) is 84.3 cm³/mol. The maximum atomic E-state index is 11.9. The summed E-state index contributed by atoms with van der Waals surface area (Å²) in [7, 11) is 0. The molecule has 1 amide bonds. The highest BCUT2D eigenvalue weighted by Gasteiger charge is 2.10. The van der Waals surface area contributed by atoms with E-state index >= 15 is 0 Å². The van der Waals surface area contributed by atoms with E-state index in [-0.39, 0.29) is 5.56 Å². The summed E-state index contributed by atoms with van der Waals surface area (Å²) in [5.41, 5.74) is 1.31. The van der Waals surface area contributed by atoms with Crippen LogP contribution in [0.2, 0.25) is 10.0 Å². The molecule has 1 heterocycles. The Kier molecular flexibility index (Phi) is 5.04. The Morgan fingerprint density at radius 3 is 2.67 bits per heavy atom. The van der Waals surface area contributed by atoms with Gasteiger partial charge in [-0.15, -0.1) is 0 Å². The van der Waals surface area contributed by atoms with Crippen LogP contribution in [-0.2, 0) is 6.42 Å². The molecule has 0 fully saturated rings. The van der Waals surface area contributed by atoms with Crippen LogP contribution in [0, 0.1) is 6.92 Å². The molecule has 110 valence electrons. The van der Waals surface area contributed by atoms with E-state index in [2.05, 4.69) is 10.3 Å².